The van der Waals surface area contributed by atoms with Gasteiger partial charge in [0.15, 0.2) is 0 Å². The first-order chi connectivity index (χ1) is 8.72. The minimum absolute atomic E-state index is 0.269. The van der Waals surface area contributed by atoms with Crippen LogP contribution in [0, 0.1) is 12.7 Å². The molecule has 5 heteroatoms. The van der Waals surface area contributed by atoms with Gasteiger partial charge in [-0.25, -0.2) is 9.07 Å². The minimum Gasteiger partial charge on any atom is -0.303 e. The Hall–Kier alpha value is -2.04. The van der Waals surface area contributed by atoms with Crippen LogP contribution in [-0.2, 0) is 11.3 Å². The lowest BCUT2D eigenvalue weighted by Crippen LogP contribution is -2.02. The van der Waals surface area contributed by atoms with Crippen LogP contribution in [-0.4, -0.2) is 21.3 Å². The van der Waals surface area contributed by atoms with Crippen LogP contribution in [0.1, 0.15) is 18.5 Å². The molecule has 1 heterocycles. The molecule has 18 heavy (non-hydrogen) atoms. The number of halogens is 1. The predicted octanol–water partition coefficient (Wildman–Crippen LogP) is 2.37. The van der Waals surface area contributed by atoms with Crippen molar-refractivity contribution < 1.29 is 9.18 Å². The molecule has 4 nitrogen and oxygen atoms in total. The molecule has 1 aromatic carbocycles. The molecule has 2 rings (SSSR count). The van der Waals surface area contributed by atoms with Crippen molar-refractivity contribution in [1.82, 2.24) is 15.0 Å². The van der Waals surface area contributed by atoms with Crippen LogP contribution in [0.5, 0.6) is 0 Å². The van der Waals surface area contributed by atoms with Crippen LogP contribution in [0.3, 0.4) is 0 Å². The van der Waals surface area contributed by atoms with E-state index in [4.69, 9.17) is 0 Å². The van der Waals surface area contributed by atoms with Gasteiger partial charge in [0.2, 0.25) is 0 Å². The molecule has 0 N–H and O–H groups in total. The van der Waals surface area contributed by atoms with E-state index in [0.717, 1.165) is 29.7 Å². The topological polar surface area (TPSA) is 47.8 Å². The lowest BCUT2D eigenvalue weighted by molar-refractivity contribution is -0.107. The van der Waals surface area contributed by atoms with E-state index in [2.05, 4.69) is 10.3 Å². The number of rotatable bonds is 5. The van der Waals surface area contributed by atoms with E-state index in [9.17, 15) is 9.18 Å². The molecule has 0 radical (unpaired) electrons. The molecule has 0 bridgehead atoms. The highest BCUT2D eigenvalue weighted by Crippen LogP contribution is 2.20. The molecule has 0 amide bonds. The Morgan fingerprint density at radius 2 is 2.06 bits per heavy atom. The maximum atomic E-state index is 12.8. The van der Waals surface area contributed by atoms with Crippen LogP contribution >= 0.6 is 0 Å². The summed E-state index contributed by atoms with van der Waals surface area (Å²) in [5.41, 5.74) is 2.52. The molecule has 0 fully saturated rings. The van der Waals surface area contributed by atoms with E-state index in [1.165, 1.54) is 12.1 Å². The highest BCUT2D eigenvalue weighted by molar-refractivity contribution is 5.60. The summed E-state index contributed by atoms with van der Waals surface area (Å²) >= 11 is 0. The van der Waals surface area contributed by atoms with Crippen molar-refractivity contribution in [3.63, 3.8) is 0 Å². The monoisotopic (exact) mass is 247 g/mol. The molecule has 0 aliphatic carbocycles. The predicted molar refractivity (Wildman–Crippen MR) is 65.5 cm³/mol. The Kier molecular flexibility index (Phi) is 3.82. The first kappa shape index (κ1) is 12.4. The fourth-order valence-corrected chi connectivity index (χ4v) is 1.77. The smallest absolute Gasteiger partial charge is 0.123 e. The molecule has 94 valence electrons. The molecule has 1 aromatic heterocycles. The van der Waals surface area contributed by atoms with E-state index < -0.39 is 0 Å². The fourth-order valence-electron chi connectivity index (χ4n) is 1.77. The van der Waals surface area contributed by atoms with Crippen molar-refractivity contribution in [1.29, 1.82) is 0 Å². The zero-order valence-electron chi connectivity index (χ0n) is 10.1. The Balaban J connectivity index is 2.19. The van der Waals surface area contributed by atoms with Crippen molar-refractivity contribution in [3.8, 4) is 11.3 Å². The number of aromatic nitrogens is 3. The van der Waals surface area contributed by atoms with Gasteiger partial charge in [0, 0.05) is 18.5 Å². The summed E-state index contributed by atoms with van der Waals surface area (Å²) < 4.78 is 14.6. The first-order valence-corrected chi connectivity index (χ1v) is 5.82. The van der Waals surface area contributed by atoms with Crippen LogP contribution in [0.2, 0.25) is 0 Å². The van der Waals surface area contributed by atoms with Crippen molar-refractivity contribution in [3.05, 3.63) is 35.8 Å². The van der Waals surface area contributed by atoms with E-state index in [1.54, 1.807) is 16.8 Å². The molecule has 2 aromatic rings. The summed E-state index contributed by atoms with van der Waals surface area (Å²) in [5.74, 6) is -0.269. The number of aryl methyl sites for hydroxylation is 1. The summed E-state index contributed by atoms with van der Waals surface area (Å²) in [6, 6.07) is 6.17. The minimum atomic E-state index is -0.269. The Bertz CT molecular complexity index is 534. The van der Waals surface area contributed by atoms with Gasteiger partial charge >= 0.3 is 0 Å². The molecule has 0 saturated carbocycles. The Morgan fingerprint density at radius 1 is 1.33 bits per heavy atom. The molecular formula is C13H14FN3O. The standard InChI is InChI=1S/C13H14FN3O/c1-10-13(11-4-6-12(14)7-5-11)15-16-17(10)8-2-3-9-18/h4-7,9H,2-3,8H2,1H3. The summed E-state index contributed by atoms with van der Waals surface area (Å²) in [7, 11) is 0. The molecular weight excluding hydrogens is 233 g/mol. The van der Waals surface area contributed by atoms with Crippen LogP contribution in [0.25, 0.3) is 11.3 Å². The summed E-state index contributed by atoms with van der Waals surface area (Å²) in [4.78, 5) is 10.3. The van der Waals surface area contributed by atoms with Gasteiger partial charge in [-0.15, -0.1) is 5.10 Å². The normalized spacial score (nSPS) is 10.6. The number of hydrogen-bond acceptors (Lipinski definition) is 3. The molecule has 0 unspecified atom stereocenters. The average molecular weight is 247 g/mol. The molecule has 0 aliphatic rings. The number of hydrogen-bond donors (Lipinski definition) is 0. The second-order valence-electron chi connectivity index (χ2n) is 4.06. The van der Waals surface area contributed by atoms with Gasteiger partial charge in [0.25, 0.3) is 0 Å². The number of nitrogens with zero attached hydrogens (tertiary/aromatic N) is 3. The summed E-state index contributed by atoms with van der Waals surface area (Å²) in [5, 5.41) is 8.14. The third kappa shape index (κ3) is 2.61. The van der Waals surface area contributed by atoms with Gasteiger partial charge in [-0.3, -0.25) is 0 Å². The van der Waals surface area contributed by atoms with Crippen molar-refractivity contribution in [2.75, 3.05) is 0 Å². The van der Waals surface area contributed by atoms with Gasteiger partial charge in [-0.2, -0.15) is 0 Å². The molecule has 0 aliphatic heterocycles. The van der Waals surface area contributed by atoms with Gasteiger partial charge < -0.3 is 4.79 Å². The maximum Gasteiger partial charge on any atom is 0.123 e. The highest BCUT2D eigenvalue weighted by Gasteiger charge is 2.10. The zero-order chi connectivity index (χ0) is 13.0. The average Bonchev–Trinajstić information content (AvgIpc) is 2.73. The number of carbonyl (C=O) groups excluding carboxylic acids is 1. The van der Waals surface area contributed by atoms with Crippen molar-refractivity contribution in [2.24, 2.45) is 0 Å². The van der Waals surface area contributed by atoms with E-state index in [-0.39, 0.29) is 5.82 Å². The SMILES string of the molecule is Cc1c(-c2ccc(F)cc2)nnn1CCCC=O. The van der Waals surface area contributed by atoms with Gasteiger partial charge in [-0.1, -0.05) is 5.21 Å². The van der Waals surface area contributed by atoms with Crippen LogP contribution < -0.4 is 0 Å². The van der Waals surface area contributed by atoms with Gasteiger partial charge in [0.05, 0.1) is 5.69 Å². The molecule has 0 spiro atoms. The van der Waals surface area contributed by atoms with E-state index in [0.29, 0.717) is 13.0 Å². The van der Waals surface area contributed by atoms with E-state index in [1.807, 2.05) is 6.92 Å². The third-order valence-corrected chi connectivity index (χ3v) is 2.79. The lowest BCUT2D eigenvalue weighted by Gasteiger charge is -2.02. The van der Waals surface area contributed by atoms with Crippen LogP contribution in [0.15, 0.2) is 24.3 Å². The summed E-state index contributed by atoms with van der Waals surface area (Å²) in [6.07, 6.45) is 2.16. The van der Waals surface area contributed by atoms with Gasteiger partial charge in [-0.05, 0) is 37.6 Å². The highest BCUT2D eigenvalue weighted by atomic mass is 19.1. The molecule has 0 saturated heterocycles. The number of aldehydes is 1. The third-order valence-electron chi connectivity index (χ3n) is 2.79. The quantitative estimate of drug-likeness (QED) is 0.602. The van der Waals surface area contributed by atoms with E-state index >= 15 is 0 Å². The number of carbonyl (C=O) groups is 1. The first-order valence-electron chi connectivity index (χ1n) is 5.82. The summed E-state index contributed by atoms with van der Waals surface area (Å²) in [6.45, 7) is 2.58. The van der Waals surface area contributed by atoms with Crippen molar-refractivity contribution >= 4 is 6.29 Å². The zero-order valence-corrected chi connectivity index (χ0v) is 10.1. The second kappa shape index (κ2) is 5.53. The fraction of sp³-hybridized carbons (Fsp3) is 0.308. The molecule has 0 atom stereocenters. The Morgan fingerprint density at radius 3 is 2.72 bits per heavy atom. The maximum absolute atomic E-state index is 12.8. The van der Waals surface area contributed by atoms with Crippen LogP contribution in [0.4, 0.5) is 4.39 Å². The van der Waals surface area contributed by atoms with Gasteiger partial charge in [0.1, 0.15) is 17.8 Å². The van der Waals surface area contributed by atoms with Crippen molar-refractivity contribution in [2.45, 2.75) is 26.3 Å². The lowest BCUT2D eigenvalue weighted by atomic mass is 10.1. The number of unbranched alkanes of at least 4 members (excludes halogenated alkanes) is 1. The Labute approximate surface area is 104 Å². The number of benzene rings is 1. The largest absolute Gasteiger partial charge is 0.303 e. The second-order valence-corrected chi connectivity index (χ2v) is 4.06.